The monoisotopic (exact) mass is 437 g/mol. The molecule has 0 aliphatic heterocycles. The minimum Gasteiger partial charge on any atom is -0.454 e. The zero-order chi connectivity index (χ0) is 22.0. The van der Waals surface area contributed by atoms with Gasteiger partial charge in [0.15, 0.2) is 6.61 Å². The molecule has 1 aliphatic rings. The Labute approximate surface area is 175 Å². The highest BCUT2D eigenvalue weighted by Gasteiger charge is 2.29. The summed E-state index contributed by atoms with van der Waals surface area (Å²) in [6, 6.07) is 4.82. The van der Waals surface area contributed by atoms with E-state index in [2.05, 4.69) is 30.2 Å². The van der Waals surface area contributed by atoms with E-state index in [-0.39, 0.29) is 23.6 Å². The summed E-state index contributed by atoms with van der Waals surface area (Å²) in [4.78, 5) is 31.1. The highest BCUT2D eigenvalue weighted by atomic mass is 19.4. The summed E-state index contributed by atoms with van der Waals surface area (Å²) in [5.74, 6) is 0.278. The maximum absolute atomic E-state index is 12.6. The van der Waals surface area contributed by atoms with E-state index in [1.165, 1.54) is 0 Å². The Balaban J connectivity index is 1.62. The lowest BCUT2D eigenvalue weighted by molar-refractivity contribution is -0.154. The molecule has 0 unspecified atom stereocenters. The summed E-state index contributed by atoms with van der Waals surface area (Å²) < 4.78 is 42.7. The number of rotatable bonds is 6. The molecule has 4 rings (SSSR count). The number of nitrogens with one attached hydrogen (secondary N) is 3. The molecule has 12 heteroatoms. The first-order valence-electron chi connectivity index (χ1n) is 9.94. The average molecular weight is 437 g/mol. The van der Waals surface area contributed by atoms with Crippen molar-refractivity contribution < 1.29 is 17.9 Å². The molecular formula is C19H22F3N7O2. The van der Waals surface area contributed by atoms with Crippen LogP contribution in [0.3, 0.4) is 0 Å². The van der Waals surface area contributed by atoms with Gasteiger partial charge in [0.2, 0.25) is 11.9 Å². The van der Waals surface area contributed by atoms with Gasteiger partial charge in [-0.3, -0.25) is 0 Å². The topological polar surface area (TPSA) is 112 Å². The highest BCUT2D eigenvalue weighted by Crippen LogP contribution is 2.27. The van der Waals surface area contributed by atoms with Crippen LogP contribution in [0.25, 0.3) is 11.0 Å². The van der Waals surface area contributed by atoms with Crippen LogP contribution in [0, 0.1) is 0 Å². The van der Waals surface area contributed by atoms with Gasteiger partial charge in [0.1, 0.15) is 0 Å². The number of aromatic nitrogens is 5. The molecule has 31 heavy (non-hydrogen) atoms. The molecule has 1 saturated carbocycles. The van der Waals surface area contributed by atoms with Crippen LogP contribution < -0.4 is 20.6 Å². The van der Waals surface area contributed by atoms with Crippen molar-refractivity contribution in [2.24, 2.45) is 0 Å². The zero-order valence-electron chi connectivity index (χ0n) is 16.8. The summed E-state index contributed by atoms with van der Waals surface area (Å²) in [6.07, 6.45) is 0.732. The first kappa shape index (κ1) is 20.9. The molecule has 9 nitrogen and oxygen atoms in total. The molecule has 1 aromatic carbocycles. The van der Waals surface area contributed by atoms with E-state index in [1.807, 2.05) is 11.9 Å². The number of H-pyrrole nitrogens is 2. The van der Waals surface area contributed by atoms with Crippen LogP contribution in [0.1, 0.15) is 32.1 Å². The number of hydrogen-bond acceptors (Lipinski definition) is 7. The van der Waals surface area contributed by atoms with Crippen LogP contribution in [0.15, 0.2) is 23.0 Å². The summed E-state index contributed by atoms with van der Waals surface area (Å²) in [6.45, 7) is -1.50. The molecule has 0 amide bonds. The lowest BCUT2D eigenvalue weighted by Gasteiger charge is -2.31. The Morgan fingerprint density at radius 3 is 2.61 bits per heavy atom. The quantitative estimate of drug-likeness (QED) is 0.541. The minimum absolute atomic E-state index is 0.0436. The number of imidazole rings is 1. The van der Waals surface area contributed by atoms with Gasteiger partial charge in [0.25, 0.3) is 0 Å². The Morgan fingerprint density at radius 2 is 1.87 bits per heavy atom. The molecule has 1 fully saturated rings. The number of benzene rings is 1. The van der Waals surface area contributed by atoms with Crippen molar-refractivity contribution in [2.45, 2.75) is 44.3 Å². The molecule has 2 heterocycles. The molecule has 0 atom stereocenters. The van der Waals surface area contributed by atoms with Crippen molar-refractivity contribution in [3.05, 3.63) is 28.7 Å². The van der Waals surface area contributed by atoms with Gasteiger partial charge in [-0.2, -0.15) is 28.1 Å². The second-order valence-corrected chi connectivity index (χ2v) is 7.51. The van der Waals surface area contributed by atoms with Crippen LogP contribution in [0.5, 0.6) is 6.01 Å². The van der Waals surface area contributed by atoms with Crippen LogP contribution >= 0.6 is 0 Å². The summed E-state index contributed by atoms with van der Waals surface area (Å²) >= 11 is 0. The van der Waals surface area contributed by atoms with Gasteiger partial charge in [-0.15, -0.1) is 0 Å². The van der Waals surface area contributed by atoms with Crippen molar-refractivity contribution in [1.82, 2.24) is 24.9 Å². The number of ether oxygens (including phenoxy) is 1. The second kappa shape index (κ2) is 8.44. The SMILES string of the molecule is CN(c1nc(Nc2ccc3[nH]c(=O)[nH]c3c2)nc(OCC(F)(F)F)n1)C1CCCCC1. The minimum atomic E-state index is -4.51. The van der Waals surface area contributed by atoms with E-state index in [0.29, 0.717) is 16.7 Å². The highest BCUT2D eigenvalue weighted by molar-refractivity contribution is 5.79. The Hall–Kier alpha value is -3.31. The predicted molar refractivity (Wildman–Crippen MR) is 109 cm³/mol. The number of hydrogen-bond donors (Lipinski definition) is 3. The van der Waals surface area contributed by atoms with Crippen molar-refractivity contribution in [1.29, 1.82) is 0 Å². The molecule has 0 radical (unpaired) electrons. The van der Waals surface area contributed by atoms with E-state index < -0.39 is 18.8 Å². The molecule has 2 aromatic heterocycles. The van der Waals surface area contributed by atoms with Gasteiger partial charge in [0.05, 0.1) is 11.0 Å². The standard InChI is InChI=1S/C19H22F3N7O2/c1-29(12-5-3-2-4-6-12)16-26-15(27-18(28-16)31-10-19(20,21)22)23-11-7-8-13-14(9-11)25-17(30)24-13/h7-9,12H,2-6,10H2,1H3,(H2,24,25,30)(H,23,26,27,28). The summed E-state index contributed by atoms with van der Waals surface area (Å²) in [5, 5.41) is 2.95. The van der Waals surface area contributed by atoms with Gasteiger partial charge >= 0.3 is 17.9 Å². The molecule has 0 spiro atoms. The molecule has 0 saturated heterocycles. The van der Waals surface area contributed by atoms with Gasteiger partial charge in [-0.1, -0.05) is 19.3 Å². The fourth-order valence-electron chi connectivity index (χ4n) is 3.64. The van der Waals surface area contributed by atoms with Crippen LogP contribution in [0.2, 0.25) is 0 Å². The largest absolute Gasteiger partial charge is 0.454 e. The smallest absolute Gasteiger partial charge is 0.422 e. The molecular weight excluding hydrogens is 415 g/mol. The Morgan fingerprint density at radius 1 is 1.13 bits per heavy atom. The summed E-state index contributed by atoms with van der Waals surface area (Å²) in [5.41, 5.74) is 1.39. The third-order valence-corrected chi connectivity index (χ3v) is 5.18. The molecule has 3 aromatic rings. The first-order valence-corrected chi connectivity index (χ1v) is 9.94. The number of alkyl halides is 3. The Bertz CT molecular complexity index is 1110. The van der Waals surface area contributed by atoms with Gasteiger partial charge in [-0.25, -0.2) is 4.79 Å². The van der Waals surface area contributed by atoms with E-state index in [0.717, 1.165) is 32.1 Å². The van der Waals surface area contributed by atoms with Crippen molar-refractivity contribution >= 4 is 28.6 Å². The van der Waals surface area contributed by atoms with E-state index in [4.69, 9.17) is 4.74 Å². The second-order valence-electron chi connectivity index (χ2n) is 7.51. The summed E-state index contributed by atoms with van der Waals surface area (Å²) in [7, 11) is 1.82. The van der Waals surface area contributed by atoms with Crippen molar-refractivity contribution in [2.75, 3.05) is 23.9 Å². The maximum Gasteiger partial charge on any atom is 0.422 e. The fraction of sp³-hybridized carbons (Fsp3) is 0.474. The van der Waals surface area contributed by atoms with Gasteiger partial charge in [-0.05, 0) is 31.0 Å². The molecule has 1 aliphatic carbocycles. The van der Waals surface area contributed by atoms with E-state index in [9.17, 15) is 18.0 Å². The first-order chi connectivity index (χ1) is 14.8. The van der Waals surface area contributed by atoms with Crippen LogP contribution in [-0.4, -0.2) is 50.8 Å². The fourth-order valence-corrected chi connectivity index (χ4v) is 3.64. The maximum atomic E-state index is 12.6. The predicted octanol–water partition coefficient (Wildman–Crippen LogP) is 3.49. The van der Waals surface area contributed by atoms with E-state index in [1.54, 1.807) is 18.2 Å². The lowest BCUT2D eigenvalue weighted by Crippen LogP contribution is -2.35. The lowest BCUT2D eigenvalue weighted by atomic mass is 9.95. The van der Waals surface area contributed by atoms with E-state index >= 15 is 0 Å². The number of fused-ring (bicyclic) bond motifs is 1. The number of halogens is 3. The number of aromatic amines is 2. The van der Waals surface area contributed by atoms with Gasteiger partial charge < -0.3 is 24.9 Å². The molecule has 0 bridgehead atoms. The number of nitrogens with zero attached hydrogens (tertiary/aromatic N) is 4. The number of anilines is 3. The third kappa shape index (κ3) is 5.25. The van der Waals surface area contributed by atoms with Gasteiger partial charge in [0, 0.05) is 18.8 Å². The van der Waals surface area contributed by atoms with Crippen molar-refractivity contribution in [3.8, 4) is 6.01 Å². The Kier molecular flexibility index (Phi) is 5.70. The third-order valence-electron chi connectivity index (χ3n) is 5.18. The normalized spacial score (nSPS) is 15.2. The van der Waals surface area contributed by atoms with Crippen LogP contribution in [-0.2, 0) is 0 Å². The van der Waals surface area contributed by atoms with Crippen molar-refractivity contribution in [3.63, 3.8) is 0 Å². The molecule has 166 valence electrons. The van der Waals surface area contributed by atoms with Crippen LogP contribution in [0.4, 0.5) is 30.8 Å². The molecule has 3 N–H and O–H groups in total. The average Bonchev–Trinajstić information content (AvgIpc) is 3.11. The zero-order valence-corrected chi connectivity index (χ0v) is 16.8.